The van der Waals surface area contributed by atoms with Gasteiger partial charge in [-0.25, -0.2) is 10.6 Å². The molecule has 2 amide bonds. The van der Waals surface area contributed by atoms with Gasteiger partial charge in [0.2, 0.25) is 0 Å². The van der Waals surface area contributed by atoms with Crippen LogP contribution in [-0.4, -0.2) is 42.4 Å². The number of benzene rings is 2. The third-order valence-electron chi connectivity index (χ3n) is 5.34. The predicted molar refractivity (Wildman–Crippen MR) is 113 cm³/mol. The molecule has 0 saturated carbocycles. The smallest absolute Gasteiger partial charge is 0.449 e. The van der Waals surface area contributed by atoms with Crippen molar-refractivity contribution in [1.29, 1.82) is 0 Å². The van der Waals surface area contributed by atoms with Gasteiger partial charge < -0.3 is 10.1 Å². The van der Waals surface area contributed by atoms with Crippen LogP contribution in [0.4, 0.5) is 18.0 Å². The van der Waals surface area contributed by atoms with Crippen LogP contribution in [0, 0.1) is 5.92 Å². The number of rotatable bonds is 7. The molecule has 0 spiro atoms. The van der Waals surface area contributed by atoms with Gasteiger partial charge in [0.25, 0.3) is 0 Å². The number of fused-ring (bicyclic) bond motifs is 3. The molecule has 0 bridgehead atoms. The molecule has 32 heavy (non-hydrogen) atoms. The summed E-state index contributed by atoms with van der Waals surface area (Å²) < 4.78 is 43.3. The number of hydrogen-bond donors (Lipinski definition) is 2. The van der Waals surface area contributed by atoms with Crippen LogP contribution < -0.4 is 11.2 Å². The van der Waals surface area contributed by atoms with Crippen LogP contribution in [0.1, 0.15) is 37.3 Å². The second-order valence-corrected chi connectivity index (χ2v) is 8.25. The summed E-state index contributed by atoms with van der Waals surface area (Å²) >= 11 is 0. The van der Waals surface area contributed by atoms with Crippen LogP contribution in [0.3, 0.4) is 0 Å². The van der Waals surface area contributed by atoms with Crippen LogP contribution in [0.5, 0.6) is 0 Å². The summed E-state index contributed by atoms with van der Waals surface area (Å²) in [7, 11) is 0. The number of nitrogens with two attached hydrogens (primary N) is 1. The number of carbonyl (C=O) groups is 2. The highest BCUT2D eigenvalue weighted by atomic mass is 19.4. The van der Waals surface area contributed by atoms with Gasteiger partial charge in [-0.3, -0.25) is 9.80 Å². The molecule has 1 aliphatic carbocycles. The molecule has 0 heterocycles. The SMILES string of the molecule is CC(C)C[C@@H](CN(N)C(=O)C(F)(F)F)NC(=O)OCC1c2ccccc2-c2ccccc21. The monoisotopic (exact) mass is 449 g/mol. The van der Waals surface area contributed by atoms with E-state index in [1.54, 1.807) is 0 Å². The molecule has 1 aliphatic rings. The maximum absolute atomic E-state index is 12.6. The van der Waals surface area contributed by atoms with E-state index in [0.717, 1.165) is 22.3 Å². The molecular formula is C23H26F3N3O3. The fourth-order valence-electron chi connectivity index (χ4n) is 4.04. The second kappa shape index (κ2) is 9.60. The Morgan fingerprint density at radius 2 is 1.59 bits per heavy atom. The Kier molecular flexibility index (Phi) is 7.08. The van der Waals surface area contributed by atoms with Crippen molar-refractivity contribution in [2.45, 2.75) is 38.4 Å². The average Bonchev–Trinajstić information content (AvgIpc) is 3.04. The lowest BCUT2D eigenvalue weighted by Crippen LogP contribution is -2.53. The zero-order valence-electron chi connectivity index (χ0n) is 17.9. The molecule has 0 radical (unpaired) electrons. The highest BCUT2D eigenvalue weighted by Gasteiger charge is 2.42. The van der Waals surface area contributed by atoms with E-state index in [1.807, 2.05) is 62.4 Å². The molecule has 0 unspecified atom stereocenters. The van der Waals surface area contributed by atoms with Gasteiger partial charge in [0.05, 0.1) is 12.6 Å². The number of carbonyl (C=O) groups excluding carboxylic acids is 2. The highest BCUT2D eigenvalue weighted by Crippen LogP contribution is 2.44. The Hall–Kier alpha value is -3.07. The number of hydrazine groups is 1. The third kappa shape index (κ3) is 5.40. The van der Waals surface area contributed by atoms with E-state index < -0.39 is 30.8 Å². The maximum atomic E-state index is 12.6. The summed E-state index contributed by atoms with van der Waals surface area (Å²) in [5, 5.41) is 2.64. The van der Waals surface area contributed by atoms with Crippen LogP contribution in [0.2, 0.25) is 0 Å². The number of hydrogen-bond acceptors (Lipinski definition) is 4. The minimum atomic E-state index is -5.08. The Morgan fingerprint density at radius 1 is 1.06 bits per heavy atom. The molecule has 0 fully saturated rings. The van der Waals surface area contributed by atoms with Gasteiger partial charge in [-0.05, 0) is 34.6 Å². The Labute approximate surface area is 184 Å². The number of nitrogens with zero attached hydrogens (tertiary/aromatic N) is 1. The first-order chi connectivity index (χ1) is 15.1. The molecule has 2 aromatic carbocycles. The predicted octanol–water partition coefficient (Wildman–Crippen LogP) is 4.20. The van der Waals surface area contributed by atoms with E-state index >= 15 is 0 Å². The molecule has 3 rings (SSSR count). The van der Waals surface area contributed by atoms with Gasteiger partial charge in [-0.15, -0.1) is 0 Å². The van der Waals surface area contributed by atoms with Crippen LogP contribution in [0.15, 0.2) is 48.5 Å². The molecule has 0 aromatic heterocycles. The summed E-state index contributed by atoms with van der Waals surface area (Å²) in [4.78, 5) is 23.8. The van der Waals surface area contributed by atoms with Crippen molar-refractivity contribution in [3.63, 3.8) is 0 Å². The normalized spacial score (nSPS) is 14.0. The first-order valence-electron chi connectivity index (χ1n) is 10.3. The van der Waals surface area contributed by atoms with E-state index in [9.17, 15) is 22.8 Å². The van der Waals surface area contributed by atoms with Crippen molar-refractivity contribution in [3.05, 3.63) is 59.7 Å². The number of amides is 2. The van der Waals surface area contributed by atoms with E-state index in [4.69, 9.17) is 10.6 Å². The molecule has 0 saturated heterocycles. The van der Waals surface area contributed by atoms with E-state index in [2.05, 4.69) is 5.32 Å². The highest BCUT2D eigenvalue weighted by molar-refractivity contribution is 5.81. The van der Waals surface area contributed by atoms with E-state index in [0.29, 0.717) is 6.42 Å². The van der Waals surface area contributed by atoms with E-state index in [1.165, 1.54) is 0 Å². The molecule has 0 aliphatic heterocycles. The van der Waals surface area contributed by atoms with Gasteiger partial charge in [0.15, 0.2) is 0 Å². The lowest BCUT2D eigenvalue weighted by Gasteiger charge is -2.26. The van der Waals surface area contributed by atoms with Gasteiger partial charge in [-0.2, -0.15) is 13.2 Å². The average molecular weight is 449 g/mol. The van der Waals surface area contributed by atoms with Crippen molar-refractivity contribution < 1.29 is 27.5 Å². The molecular weight excluding hydrogens is 423 g/mol. The Morgan fingerprint density at radius 3 is 2.09 bits per heavy atom. The number of halogens is 3. The largest absolute Gasteiger partial charge is 0.472 e. The standard InChI is InChI=1S/C23H26F3N3O3/c1-14(2)11-15(12-29(27)21(30)23(24,25)26)28-22(31)32-13-20-18-9-5-3-7-16(18)17-8-4-6-10-19(17)20/h3-10,14-15,20H,11-13,27H2,1-2H3,(H,28,31)/t15-/m0/s1. The summed E-state index contributed by atoms with van der Waals surface area (Å²) in [6.07, 6.45) is -5.53. The lowest BCUT2D eigenvalue weighted by atomic mass is 9.98. The third-order valence-corrected chi connectivity index (χ3v) is 5.34. The zero-order valence-corrected chi connectivity index (χ0v) is 17.9. The first-order valence-corrected chi connectivity index (χ1v) is 10.3. The summed E-state index contributed by atoms with van der Waals surface area (Å²) in [6, 6.07) is 14.9. The molecule has 9 heteroatoms. The van der Waals surface area contributed by atoms with E-state index in [-0.39, 0.29) is 23.5 Å². The van der Waals surface area contributed by atoms with Crippen molar-refractivity contribution in [2.24, 2.45) is 11.8 Å². The van der Waals surface area contributed by atoms with Gasteiger partial charge >= 0.3 is 18.2 Å². The topological polar surface area (TPSA) is 84.7 Å². The van der Waals surface area contributed by atoms with Crippen molar-refractivity contribution in [3.8, 4) is 11.1 Å². The Balaban J connectivity index is 1.65. The molecule has 1 atom stereocenters. The fraction of sp³-hybridized carbons (Fsp3) is 0.391. The summed E-state index contributed by atoms with van der Waals surface area (Å²) in [6.45, 7) is 3.28. The first kappa shape index (κ1) is 23.6. The number of nitrogens with one attached hydrogen (secondary N) is 1. The molecule has 172 valence electrons. The minimum Gasteiger partial charge on any atom is -0.449 e. The molecule has 2 aromatic rings. The lowest BCUT2D eigenvalue weighted by molar-refractivity contribution is -0.186. The van der Waals surface area contributed by atoms with Gasteiger partial charge in [0.1, 0.15) is 6.61 Å². The summed E-state index contributed by atoms with van der Waals surface area (Å²) in [5.41, 5.74) is 4.26. The van der Waals surface area contributed by atoms with Crippen molar-refractivity contribution in [1.82, 2.24) is 10.3 Å². The molecule has 3 N–H and O–H groups in total. The molecule has 6 nitrogen and oxygen atoms in total. The minimum absolute atomic E-state index is 0.0447. The van der Waals surface area contributed by atoms with Crippen LogP contribution in [0.25, 0.3) is 11.1 Å². The van der Waals surface area contributed by atoms with Gasteiger partial charge in [-0.1, -0.05) is 62.4 Å². The van der Waals surface area contributed by atoms with Crippen molar-refractivity contribution >= 4 is 12.0 Å². The summed E-state index contributed by atoms with van der Waals surface area (Å²) in [5.74, 6) is 3.04. The zero-order chi connectivity index (χ0) is 23.5. The number of alkyl carbamates (subject to hydrolysis) is 1. The fourth-order valence-corrected chi connectivity index (χ4v) is 4.04. The number of alkyl halides is 3. The van der Waals surface area contributed by atoms with Crippen molar-refractivity contribution in [2.75, 3.05) is 13.2 Å². The Bertz CT molecular complexity index is 933. The van der Waals surface area contributed by atoms with Crippen LogP contribution in [-0.2, 0) is 9.53 Å². The van der Waals surface area contributed by atoms with Gasteiger partial charge in [0, 0.05) is 5.92 Å². The maximum Gasteiger partial charge on any atom is 0.472 e. The quantitative estimate of drug-likeness (QED) is 0.377. The number of ether oxygens (including phenoxy) is 1. The van der Waals surface area contributed by atoms with Crippen LogP contribution >= 0.6 is 0 Å². The second-order valence-electron chi connectivity index (χ2n) is 8.25.